The second kappa shape index (κ2) is 26.9. The third kappa shape index (κ3) is 66.0. The van der Waals surface area contributed by atoms with E-state index in [9.17, 15) is 29.7 Å². The summed E-state index contributed by atoms with van der Waals surface area (Å²) in [6, 6.07) is 0. The minimum absolute atomic E-state index is 0. The van der Waals surface area contributed by atoms with Crippen LogP contribution >= 0.6 is 0 Å². The average Bonchev–Trinajstić information content (AvgIpc) is 2.18. The molecule has 6 nitrogen and oxygen atoms in total. The smallest absolute Gasteiger partial charge is 0.550 e. The number of hydrogen-bond donors (Lipinski definition) is 0. The van der Waals surface area contributed by atoms with E-state index in [-0.39, 0.29) is 54.0 Å². The largest absolute Gasteiger partial charge is 3.00 e. The van der Waals surface area contributed by atoms with E-state index in [1.165, 1.54) is 0 Å². The summed E-state index contributed by atoms with van der Waals surface area (Å²) in [5.74, 6) is -2.88. The zero-order chi connectivity index (χ0) is 15.0. The Hall–Kier alpha value is -0.525. The van der Waals surface area contributed by atoms with Crippen molar-refractivity contribution in [1.82, 2.24) is 0 Å². The molecule has 0 saturated heterocycles. The van der Waals surface area contributed by atoms with Crippen LogP contribution < -0.4 is 15.3 Å². The molecule has 108 valence electrons. The summed E-state index contributed by atoms with van der Waals surface area (Å²) in [6.45, 7) is 5.40. The molecular weight excluding hydrogens is 294 g/mol. The molecule has 0 rings (SSSR count). The van der Waals surface area contributed by atoms with Crippen molar-refractivity contribution in [1.29, 1.82) is 0 Å². The summed E-state index contributed by atoms with van der Waals surface area (Å²) in [5, 5.41) is 28.5. The first kappa shape index (κ1) is 31.7. The Morgan fingerprint density at radius 3 is 0.750 bits per heavy atom. The van der Waals surface area contributed by atoms with E-state index in [1.54, 1.807) is 20.8 Å². The van der Waals surface area contributed by atoms with Crippen LogP contribution in [0.2, 0.25) is 0 Å². The van der Waals surface area contributed by atoms with Gasteiger partial charge < -0.3 is 29.7 Å². The van der Waals surface area contributed by atoms with E-state index in [1.807, 2.05) is 0 Å². The minimum atomic E-state index is -0.961. The molecule has 0 amide bonds. The Morgan fingerprint density at radius 2 is 0.750 bits per heavy atom. The molecule has 0 unspecified atom stereocenters. The number of hydrogen-bond acceptors (Lipinski definition) is 6. The molecule has 8 heteroatoms. The molecule has 0 aliphatic heterocycles. The summed E-state index contributed by atoms with van der Waals surface area (Å²) in [6.07, 6.45) is 2.55. The van der Waals surface area contributed by atoms with Gasteiger partial charge >= 0.3 is 34.7 Å². The number of carboxylic acid groups (broad SMARTS) is 3. The third-order valence-corrected chi connectivity index (χ3v) is 1.36. The second-order valence-electron chi connectivity index (χ2n) is 3.37. The molecule has 0 aromatic heterocycles. The van der Waals surface area contributed by atoms with E-state index in [0.717, 1.165) is 0 Å². The molecule has 0 aromatic rings. The van der Waals surface area contributed by atoms with Gasteiger partial charge in [0.15, 0.2) is 0 Å². The van der Waals surface area contributed by atoms with Gasteiger partial charge in [-0.05, 0) is 19.3 Å². The Labute approximate surface area is 141 Å². The second-order valence-corrected chi connectivity index (χ2v) is 3.37. The van der Waals surface area contributed by atoms with Crippen LogP contribution in [0, 0.1) is 0 Å². The van der Waals surface area contributed by atoms with Crippen LogP contribution in [-0.2, 0) is 14.4 Å². The summed E-state index contributed by atoms with van der Waals surface area (Å²) in [7, 11) is 0. The zero-order valence-electron chi connectivity index (χ0n) is 12.3. The molecule has 0 radical (unpaired) electrons. The molecule has 0 aromatic carbocycles. The van der Waals surface area contributed by atoms with Crippen molar-refractivity contribution in [2.45, 2.75) is 59.3 Å². The van der Waals surface area contributed by atoms with Gasteiger partial charge in [-0.25, -0.2) is 0 Å². The molecule has 0 bridgehead atoms. The minimum Gasteiger partial charge on any atom is -0.550 e. The topological polar surface area (TPSA) is 120 Å². The van der Waals surface area contributed by atoms with E-state index in [2.05, 4.69) is 0 Å². The van der Waals surface area contributed by atoms with Crippen molar-refractivity contribution in [3.05, 3.63) is 0 Å². The van der Waals surface area contributed by atoms with Gasteiger partial charge in [0.25, 0.3) is 0 Å². The van der Waals surface area contributed by atoms with Crippen molar-refractivity contribution in [2.75, 3.05) is 0 Å². The average molecular weight is 315 g/mol. The molecule has 0 spiro atoms. The van der Waals surface area contributed by atoms with E-state index in [4.69, 9.17) is 0 Å². The quantitative estimate of drug-likeness (QED) is 0.515. The SMILES string of the molecule is CCCC(=O)[O-].CCCC(=O)[O-].CCCC(=O)[O-].[Al+3].[Al+3]. The Bertz CT molecular complexity index is 196. The fourth-order valence-electron chi connectivity index (χ4n) is 0.612. The standard InChI is InChI=1S/3C4H8O2.2Al/c3*1-2-3-4(5)6;;/h3*2-3H2,1H3,(H,5,6);;/q;;;2*+3/p-3. The van der Waals surface area contributed by atoms with Gasteiger partial charge in [0, 0.05) is 17.9 Å². The number of rotatable bonds is 6. The molecule has 0 saturated carbocycles. The van der Waals surface area contributed by atoms with Crippen LogP contribution in [0.5, 0.6) is 0 Å². The van der Waals surface area contributed by atoms with E-state index >= 15 is 0 Å². The van der Waals surface area contributed by atoms with Crippen LogP contribution in [0.4, 0.5) is 0 Å². The summed E-state index contributed by atoms with van der Waals surface area (Å²) in [4.78, 5) is 28.5. The molecule has 0 fully saturated rings. The van der Waals surface area contributed by atoms with Crippen LogP contribution in [0.3, 0.4) is 0 Å². The molecule has 0 aliphatic carbocycles. The molecule has 0 heterocycles. The Morgan fingerprint density at radius 1 is 0.600 bits per heavy atom. The molecule has 20 heavy (non-hydrogen) atoms. The van der Waals surface area contributed by atoms with Crippen molar-refractivity contribution >= 4 is 52.6 Å². The van der Waals surface area contributed by atoms with Gasteiger partial charge in [0.05, 0.1) is 0 Å². The van der Waals surface area contributed by atoms with Crippen molar-refractivity contribution in [2.24, 2.45) is 0 Å². The van der Waals surface area contributed by atoms with Crippen molar-refractivity contribution in [3.8, 4) is 0 Å². The van der Waals surface area contributed by atoms with Crippen LogP contribution in [-0.4, -0.2) is 52.6 Å². The normalized spacial score (nSPS) is 7.35. The molecule has 0 atom stereocenters. The van der Waals surface area contributed by atoms with Crippen molar-refractivity contribution in [3.63, 3.8) is 0 Å². The maximum atomic E-state index is 9.49. The Balaban J connectivity index is -0.0000000536. The third-order valence-electron chi connectivity index (χ3n) is 1.36. The zero-order valence-corrected chi connectivity index (χ0v) is 14.7. The van der Waals surface area contributed by atoms with E-state index < -0.39 is 17.9 Å². The summed E-state index contributed by atoms with van der Waals surface area (Å²) >= 11 is 0. The van der Waals surface area contributed by atoms with Crippen LogP contribution in [0.1, 0.15) is 59.3 Å². The number of carboxylic acids is 3. The maximum Gasteiger partial charge on any atom is 3.00 e. The molecule has 0 N–H and O–H groups in total. The molecule has 0 aliphatic rings. The van der Waals surface area contributed by atoms with Gasteiger partial charge in [-0.2, -0.15) is 0 Å². The first-order valence-corrected chi connectivity index (χ1v) is 5.91. The van der Waals surface area contributed by atoms with Gasteiger partial charge in [-0.3, -0.25) is 0 Å². The van der Waals surface area contributed by atoms with Crippen LogP contribution in [0.15, 0.2) is 0 Å². The van der Waals surface area contributed by atoms with Crippen LogP contribution in [0.25, 0.3) is 0 Å². The van der Waals surface area contributed by atoms with Gasteiger partial charge in [-0.15, -0.1) is 0 Å². The van der Waals surface area contributed by atoms with E-state index in [0.29, 0.717) is 19.3 Å². The first-order chi connectivity index (χ1) is 8.31. The van der Waals surface area contributed by atoms with Gasteiger partial charge in [-0.1, -0.05) is 40.0 Å². The number of carbonyl (C=O) groups is 3. The maximum absolute atomic E-state index is 9.49. The first-order valence-electron chi connectivity index (χ1n) is 5.91. The predicted molar refractivity (Wildman–Crippen MR) is 71.3 cm³/mol. The summed E-state index contributed by atoms with van der Waals surface area (Å²) < 4.78 is 0. The fourth-order valence-corrected chi connectivity index (χ4v) is 0.612. The number of carbonyl (C=O) groups excluding carboxylic acids is 3. The fraction of sp³-hybridized carbons (Fsp3) is 0.750. The Kier molecular flexibility index (Phi) is 42.7. The number of aliphatic carboxylic acids is 3. The van der Waals surface area contributed by atoms with Gasteiger partial charge in [0.1, 0.15) is 0 Å². The van der Waals surface area contributed by atoms with Gasteiger partial charge in [0.2, 0.25) is 0 Å². The predicted octanol–water partition coefficient (Wildman–Crippen LogP) is -2.15. The van der Waals surface area contributed by atoms with Crippen molar-refractivity contribution < 1.29 is 29.7 Å². The monoisotopic (exact) mass is 315 g/mol. The molecular formula is C12H21Al2O6+3. The summed E-state index contributed by atoms with van der Waals surface area (Å²) in [5.41, 5.74) is 0.